The predicted octanol–water partition coefficient (Wildman–Crippen LogP) is 4.13. The average Bonchev–Trinajstić information content (AvgIpc) is 3.06. The summed E-state index contributed by atoms with van der Waals surface area (Å²) >= 11 is 0. The number of carbonyl (C=O) groups excluding carboxylic acids is 1. The van der Waals surface area contributed by atoms with Crippen LogP contribution < -0.4 is 5.32 Å². The molecule has 4 rings (SSSR count). The first-order valence-electron chi connectivity index (χ1n) is 10.7. The molecule has 2 heterocycles. The Balaban J connectivity index is 1.58. The molecule has 0 saturated heterocycles. The van der Waals surface area contributed by atoms with E-state index in [9.17, 15) is 9.90 Å². The standard InChI is InChI=1S/C23H30N4O3/c1-23(2,3)30-22(29)25-15-8-10-16(11-9-15)27-20(12-13-28)26-19-14-24-18-7-5-4-6-17(18)21(19)27/h4-7,14-16,28H,8-13H2,1-3H3,(H,25,29). The minimum atomic E-state index is -0.495. The van der Waals surface area contributed by atoms with Gasteiger partial charge < -0.3 is 19.7 Å². The van der Waals surface area contributed by atoms with Crippen molar-refractivity contribution in [3.63, 3.8) is 0 Å². The molecule has 0 unspecified atom stereocenters. The Morgan fingerprint density at radius 3 is 2.63 bits per heavy atom. The van der Waals surface area contributed by atoms with Gasteiger partial charge in [-0.1, -0.05) is 18.2 Å². The van der Waals surface area contributed by atoms with Gasteiger partial charge in [-0.15, -0.1) is 0 Å². The van der Waals surface area contributed by atoms with E-state index in [-0.39, 0.29) is 24.8 Å². The first kappa shape index (κ1) is 20.6. The van der Waals surface area contributed by atoms with E-state index < -0.39 is 5.60 Å². The molecule has 2 N–H and O–H groups in total. The predicted molar refractivity (Wildman–Crippen MR) is 116 cm³/mol. The first-order chi connectivity index (χ1) is 14.4. The summed E-state index contributed by atoms with van der Waals surface area (Å²) in [5, 5.41) is 13.7. The number of imidazole rings is 1. The minimum absolute atomic E-state index is 0.0597. The fourth-order valence-corrected chi connectivity index (χ4v) is 4.40. The summed E-state index contributed by atoms with van der Waals surface area (Å²) in [6.07, 6.45) is 5.61. The van der Waals surface area contributed by atoms with Gasteiger partial charge in [0.25, 0.3) is 0 Å². The van der Waals surface area contributed by atoms with Gasteiger partial charge in [-0.05, 0) is 52.5 Å². The number of para-hydroxylation sites is 1. The quantitative estimate of drug-likeness (QED) is 0.675. The van der Waals surface area contributed by atoms with E-state index in [0.717, 1.165) is 53.4 Å². The Hall–Kier alpha value is -2.67. The van der Waals surface area contributed by atoms with Gasteiger partial charge in [-0.25, -0.2) is 9.78 Å². The van der Waals surface area contributed by atoms with Gasteiger partial charge in [0.1, 0.15) is 16.9 Å². The van der Waals surface area contributed by atoms with E-state index in [2.05, 4.69) is 20.9 Å². The summed E-state index contributed by atoms with van der Waals surface area (Å²) in [6.45, 7) is 5.67. The van der Waals surface area contributed by atoms with Crippen LogP contribution in [0.3, 0.4) is 0 Å². The third-order valence-corrected chi connectivity index (χ3v) is 5.61. The molecule has 7 heteroatoms. The topological polar surface area (TPSA) is 89.3 Å². The van der Waals surface area contributed by atoms with Crippen molar-refractivity contribution in [1.29, 1.82) is 0 Å². The number of fused-ring (bicyclic) bond motifs is 3. The number of ether oxygens (including phenoxy) is 1. The van der Waals surface area contributed by atoms with Crippen LogP contribution in [0.4, 0.5) is 4.79 Å². The Kier molecular flexibility index (Phi) is 5.64. The highest BCUT2D eigenvalue weighted by Crippen LogP contribution is 2.35. The zero-order valence-corrected chi connectivity index (χ0v) is 17.9. The molecule has 160 valence electrons. The fraction of sp³-hybridized carbons (Fsp3) is 0.522. The summed E-state index contributed by atoms with van der Waals surface area (Å²) in [7, 11) is 0. The number of nitrogens with one attached hydrogen (secondary N) is 1. The molecule has 7 nitrogen and oxygen atoms in total. The molecule has 1 fully saturated rings. The van der Waals surface area contributed by atoms with Crippen molar-refractivity contribution >= 4 is 28.0 Å². The number of amides is 1. The van der Waals surface area contributed by atoms with Crippen LogP contribution >= 0.6 is 0 Å². The van der Waals surface area contributed by atoms with Gasteiger partial charge >= 0.3 is 6.09 Å². The van der Waals surface area contributed by atoms with Crippen LogP contribution in [0.25, 0.3) is 21.9 Å². The Labute approximate surface area is 176 Å². The molecule has 1 aliphatic rings. The second-order valence-electron chi connectivity index (χ2n) is 9.03. The van der Waals surface area contributed by atoms with Crippen molar-refractivity contribution in [2.75, 3.05) is 6.61 Å². The summed E-state index contributed by atoms with van der Waals surface area (Å²) in [5.74, 6) is 0.897. The van der Waals surface area contributed by atoms with Crippen molar-refractivity contribution in [2.45, 2.75) is 70.6 Å². The van der Waals surface area contributed by atoms with Crippen LogP contribution in [0.2, 0.25) is 0 Å². The van der Waals surface area contributed by atoms with Crippen LogP contribution in [-0.2, 0) is 11.2 Å². The van der Waals surface area contributed by atoms with Crippen molar-refractivity contribution in [3.8, 4) is 0 Å². The van der Waals surface area contributed by atoms with Crippen molar-refractivity contribution in [3.05, 3.63) is 36.3 Å². The van der Waals surface area contributed by atoms with E-state index in [1.54, 1.807) is 0 Å². The third-order valence-electron chi connectivity index (χ3n) is 5.61. The molecule has 0 bridgehead atoms. The highest BCUT2D eigenvalue weighted by molar-refractivity contribution is 6.02. The van der Waals surface area contributed by atoms with Crippen LogP contribution in [0, 0.1) is 0 Å². The smallest absolute Gasteiger partial charge is 0.407 e. The van der Waals surface area contributed by atoms with Crippen LogP contribution in [0.5, 0.6) is 0 Å². The van der Waals surface area contributed by atoms with E-state index in [0.29, 0.717) is 6.42 Å². The Morgan fingerprint density at radius 2 is 1.93 bits per heavy atom. The van der Waals surface area contributed by atoms with Gasteiger partial charge in [0.15, 0.2) is 0 Å². The number of nitrogens with zero attached hydrogens (tertiary/aromatic N) is 3. The number of hydrogen-bond donors (Lipinski definition) is 2. The lowest BCUT2D eigenvalue weighted by atomic mass is 9.90. The lowest BCUT2D eigenvalue weighted by Crippen LogP contribution is -2.41. The minimum Gasteiger partial charge on any atom is -0.444 e. The fourth-order valence-electron chi connectivity index (χ4n) is 4.40. The SMILES string of the molecule is CC(C)(C)OC(=O)NC1CCC(n2c(CCO)nc3cnc4ccccc4c32)CC1. The normalized spacial score (nSPS) is 19.9. The van der Waals surface area contributed by atoms with Gasteiger partial charge in [0.05, 0.1) is 23.8 Å². The number of rotatable bonds is 4. The maximum atomic E-state index is 12.1. The molecule has 0 atom stereocenters. The number of aliphatic hydroxyl groups excluding tert-OH is 1. The highest BCUT2D eigenvalue weighted by atomic mass is 16.6. The molecule has 0 radical (unpaired) electrons. The monoisotopic (exact) mass is 410 g/mol. The lowest BCUT2D eigenvalue weighted by Gasteiger charge is -2.32. The van der Waals surface area contributed by atoms with E-state index in [4.69, 9.17) is 9.72 Å². The largest absolute Gasteiger partial charge is 0.444 e. The van der Waals surface area contributed by atoms with Crippen molar-refractivity contribution < 1.29 is 14.6 Å². The van der Waals surface area contributed by atoms with Gasteiger partial charge in [0, 0.05) is 23.9 Å². The average molecular weight is 411 g/mol. The zero-order valence-electron chi connectivity index (χ0n) is 17.9. The van der Waals surface area contributed by atoms with Gasteiger partial charge in [0.2, 0.25) is 0 Å². The number of hydrogen-bond acceptors (Lipinski definition) is 5. The molecular weight excluding hydrogens is 380 g/mol. The zero-order chi connectivity index (χ0) is 21.3. The van der Waals surface area contributed by atoms with Gasteiger partial charge in [-0.3, -0.25) is 4.98 Å². The summed E-state index contributed by atoms with van der Waals surface area (Å²) < 4.78 is 7.70. The maximum absolute atomic E-state index is 12.1. The molecule has 1 aromatic carbocycles. The lowest BCUT2D eigenvalue weighted by molar-refractivity contribution is 0.0488. The van der Waals surface area contributed by atoms with Crippen LogP contribution in [0.1, 0.15) is 58.3 Å². The number of aromatic nitrogens is 3. The number of benzene rings is 1. The molecule has 0 aliphatic heterocycles. The molecular formula is C23H30N4O3. The molecule has 0 spiro atoms. The van der Waals surface area contributed by atoms with Crippen molar-refractivity contribution in [2.24, 2.45) is 0 Å². The Morgan fingerprint density at radius 1 is 1.20 bits per heavy atom. The Bertz CT molecular complexity index is 1050. The van der Waals surface area contributed by atoms with Gasteiger partial charge in [-0.2, -0.15) is 0 Å². The molecule has 2 aromatic heterocycles. The third kappa shape index (κ3) is 4.26. The molecule has 3 aromatic rings. The second kappa shape index (κ2) is 8.22. The second-order valence-corrected chi connectivity index (χ2v) is 9.03. The summed E-state index contributed by atoms with van der Waals surface area (Å²) in [6, 6.07) is 8.50. The molecule has 1 aliphatic carbocycles. The van der Waals surface area contributed by atoms with E-state index in [1.807, 2.05) is 45.2 Å². The highest BCUT2D eigenvalue weighted by Gasteiger charge is 2.28. The van der Waals surface area contributed by atoms with E-state index in [1.165, 1.54) is 0 Å². The summed E-state index contributed by atoms with van der Waals surface area (Å²) in [5.41, 5.74) is 2.41. The van der Waals surface area contributed by atoms with Crippen LogP contribution in [0.15, 0.2) is 30.5 Å². The molecule has 1 saturated carbocycles. The number of alkyl carbamates (subject to hydrolysis) is 1. The number of pyridine rings is 1. The molecule has 1 amide bonds. The summed E-state index contributed by atoms with van der Waals surface area (Å²) in [4.78, 5) is 21.4. The van der Waals surface area contributed by atoms with Crippen molar-refractivity contribution in [1.82, 2.24) is 19.9 Å². The van der Waals surface area contributed by atoms with Crippen LogP contribution in [-0.4, -0.2) is 44.0 Å². The maximum Gasteiger partial charge on any atom is 0.407 e. The first-order valence-corrected chi connectivity index (χ1v) is 10.7. The number of aliphatic hydroxyl groups is 1. The molecule has 30 heavy (non-hydrogen) atoms. The van der Waals surface area contributed by atoms with E-state index >= 15 is 0 Å². The number of carbonyl (C=O) groups is 1.